The highest BCUT2D eigenvalue weighted by Crippen LogP contribution is 2.21. The lowest BCUT2D eigenvalue weighted by Crippen LogP contribution is -2.25. The summed E-state index contributed by atoms with van der Waals surface area (Å²) in [6.07, 6.45) is 2.12. The van der Waals surface area contributed by atoms with Crippen LogP contribution in [0.3, 0.4) is 0 Å². The van der Waals surface area contributed by atoms with Crippen LogP contribution < -0.4 is 16.4 Å². The number of benzene rings is 1. The van der Waals surface area contributed by atoms with Crippen molar-refractivity contribution in [2.75, 3.05) is 18.4 Å². The first-order chi connectivity index (χ1) is 10.4. The molecular formula is C16H24ClN3O2. The Balaban J connectivity index is 2.68. The third-order valence-electron chi connectivity index (χ3n) is 3.00. The summed E-state index contributed by atoms with van der Waals surface area (Å²) < 4.78 is 0. The van der Waals surface area contributed by atoms with Crippen LogP contribution in [0.5, 0.6) is 0 Å². The summed E-state index contributed by atoms with van der Waals surface area (Å²) in [7, 11) is 0. The van der Waals surface area contributed by atoms with E-state index >= 15 is 0 Å². The Bertz CT molecular complexity index is 518. The van der Waals surface area contributed by atoms with Crippen LogP contribution in [0.2, 0.25) is 5.02 Å². The van der Waals surface area contributed by atoms with Crippen molar-refractivity contribution in [3.8, 4) is 0 Å². The summed E-state index contributed by atoms with van der Waals surface area (Å²) in [6, 6.07) is 4.89. The maximum absolute atomic E-state index is 12.1. The molecule has 0 atom stereocenters. The topological polar surface area (TPSA) is 84.2 Å². The molecule has 0 spiro atoms. The van der Waals surface area contributed by atoms with E-state index in [9.17, 15) is 9.59 Å². The largest absolute Gasteiger partial charge is 0.352 e. The van der Waals surface area contributed by atoms with Crippen LogP contribution in [-0.2, 0) is 4.79 Å². The number of hydrogen-bond acceptors (Lipinski definition) is 3. The Labute approximate surface area is 136 Å². The Morgan fingerprint density at radius 1 is 1.27 bits per heavy atom. The molecule has 0 heterocycles. The van der Waals surface area contributed by atoms with E-state index < -0.39 is 0 Å². The van der Waals surface area contributed by atoms with Crippen molar-refractivity contribution >= 4 is 29.1 Å². The normalized spacial score (nSPS) is 10.6. The molecule has 2 amide bonds. The Morgan fingerprint density at radius 3 is 2.64 bits per heavy atom. The minimum absolute atomic E-state index is 0.0772. The monoisotopic (exact) mass is 325 g/mol. The van der Waals surface area contributed by atoms with Gasteiger partial charge < -0.3 is 16.4 Å². The first kappa shape index (κ1) is 18.5. The molecule has 0 saturated carbocycles. The molecule has 0 unspecified atom stereocenters. The summed E-state index contributed by atoms with van der Waals surface area (Å²) in [4.78, 5) is 23.9. The van der Waals surface area contributed by atoms with Crippen LogP contribution in [0.15, 0.2) is 18.2 Å². The summed E-state index contributed by atoms with van der Waals surface area (Å²) >= 11 is 6.06. The summed E-state index contributed by atoms with van der Waals surface area (Å²) in [6.45, 7) is 5.10. The highest BCUT2D eigenvalue weighted by atomic mass is 35.5. The van der Waals surface area contributed by atoms with E-state index in [0.29, 0.717) is 35.8 Å². The van der Waals surface area contributed by atoms with Gasteiger partial charge in [0.2, 0.25) is 5.91 Å². The van der Waals surface area contributed by atoms with Crippen LogP contribution in [0.4, 0.5) is 5.69 Å². The zero-order valence-corrected chi connectivity index (χ0v) is 13.9. The molecule has 0 aliphatic carbocycles. The average molecular weight is 326 g/mol. The fourth-order valence-corrected chi connectivity index (χ4v) is 2.13. The number of nitrogens with two attached hydrogens (primary N) is 1. The predicted molar refractivity (Wildman–Crippen MR) is 90.2 cm³/mol. The second kappa shape index (κ2) is 9.43. The molecule has 122 valence electrons. The molecule has 5 nitrogen and oxygen atoms in total. The van der Waals surface area contributed by atoms with Gasteiger partial charge in [0.25, 0.3) is 5.91 Å². The third-order valence-corrected chi connectivity index (χ3v) is 3.33. The second-order valence-electron chi connectivity index (χ2n) is 5.59. The van der Waals surface area contributed by atoms with Gasteiger partial charge in [0.05, 0.1) is 10.6 Å². The molecule has 1 rings (SSSR count). The van der Waals surface area contributed by atoms with Gasteiger partial charge in [-0.05, 0) is 43.5 Å². The summed E-state index contributed by atoms with van der Waals surface area (Å²) in [5.41, 5.74) is 6.34. The van der Waals surface area contributed by atoms with Gasteiger partial charge in [0.15, 0.2) is 0 Å². The van der Waals surface area contributed by atoms with Crippen LogP contribution >= 0.6 is 11.6 Å². The third kappa shape index (κ3) is 6.45. The average Bonchev–Trinajstić information content (AvgIpc) is 2.44. The van der Waals surface area contributed by atoms with Crippen molar-refractivity contribution in [2.45, 2.75) is 33.1 Å². The van der Waals surface area contributed by atoms with Gasteiger partial charge >= 0.3 is 0 Å². The van der Waals surface area contributed by atoms with Gasteiger partial charge in [-0.2, -0.15) is 0 Å². The van der Waals surface area contributed by atoms with Crippen molar-refractivity contribution in [3.05, 3.63) is 28.8 Å². The number of nitrogens with one attached hydrogen (secondary N) is 2. The van der Waals surface area contributed by atoms with E-state index in [1.807, 2.05) is 13.8 Å². The van der Waals surface area contributed by atoms with Crippen LogP contribution in [0, 0.1) is 5.92 Å². The number of anilines is 1. The van der Waals surface area contributed by atoms with Gasteiger partial charge in [-0.15, -0.1) is 0 Å². The number of amides is 2. The molecule has 0 aliphatic heterocycles. The number of hydrogen-bond donors (Lipinski definition) is 3. The van der Waals surface area contributed by atoms with Crippen molar-refractivity contribution in [1.29, 1.82) is 0 Å². The first-order valence-electron chi connectivity index (χ1n) is 7.51. The standard InChI is InChI=1S/C16H24ClN3O2/c1-11(2)9-15(21)20-12-5-6-14(17)13(10-12)16(22)19-8-4-3-7-18/h5-6,10-11H,3-4,7-9,18H2,1-2H3,(H,19,22)(H,20,21). The molecule has 1 aromatic rings. The number of halogens is 1. The Hall–Kier alpha value is -1.59. The molecule has 22 heavy (non-hydrogen) atoms. The fourth-order valence-electron chi connectivity index (χ4n) is 1.93. The van der Waals surface area contributed by atoms with Gasteiger partial charge in [0, 0.05) is 18.7 Å². The fraction of sp³-hybridized carbons (Fsp3) is 0.500. The van der Waals surface area contributed by atoms with Crippen molar-refractivity contribution in [1.82, 2.24) is 5.32 Å². The summed E-state index contributed by atoms with van der Waals surface area (Å²) in [5, 5.41) is 5.93. The number of unbranched alkanes of at least 4 members (excludes halogenated alkanes) is 1. The van der Waals surface area contributed by atoms with Crippen molar-refractivity contribution in [2.24, 2.45) is 11.7 Å². The van der Waals surface area contributed by atoms with Crippen molar-refractivity contribution in [3.63, 3.8) is 0 Å². The zero-order chi connectivity index (χ0) is 16.5. The van der Waals surface area contributed by atoms with Crippen LogP contribution in [-0.4, -0.2) is 24.9 Å². The predicted octanol–water partition coefficient (Wildman–Crippen LogP) is 2.79. The quantitative estimate of drug-likeness (QED) is 0.642. The highest BCUT2D eigenvalue weighted by Gasteiger charge is 2.12. The van der Waals surface area contributed by atoms with Gasteiger partial charge in [0.1, 0.15) is 0 Å². The molecule has 4 N–H and O–H groups in total. The number of rotatable bonds is 8. The highest BCUT2D eigenvalue weighted by molar-refractivity contribution is 6.34. The molecule has 6 heteroatoms. The van der Waals surface area contributed by atoms with Crippen LogP contribution in [0.25, 0.3) is 0 Å². The van der Waals surface area contributed by atoms with Crippen LogP contribution in [0.1, 0.15) is 43.5 Å². The molecule has 0 aliphatic rings. The smallest absolute Gasteiger partial charge is 0.252 e. The number of carbonyl (C=O) groups excluding carboxylic acids is 2. The lowest BCUT2D eigenvalue weighted by molar-refractivity contribution is -0.116. The molecule has 0 aromatic heterocycles. The summed E-state index contributed by atoms with van der Waals surface area (Å²) in [5.74, 6) is -0.0498. The SMILES string of the molecule is CC(C)CC(=O)Nc1ccc(Cl)c(C(=O)NCCCCN)c1. The van der Waals surface area contributed by atoms with E-state index in [4.69, 9.17) is 17.3 Å². The zero-order valence-electron chi connectivity index (χ0n) is 13.1. The molecule has 0 fully saturated rings. The Morgan fingerprint density at radius 2 is 2.00 bits per heavy atom. The second-order valence-corrected chi connectivity index (χ2v) is 6.00. The Kier molecular flexibility index (Phi) is 7.91. The molecule has 1 aromatic carbocycles. The van der Waals surface area contributed by atoms with E-state index in [2.05, 4.69) is 10.6 Å². The molecular weight excluding hydrogens is 302 g/mol. The molecule has 0 saturated heterocycles. The van der Waals surface area contributed by atoms with E-state index in [0.717, 1.165) is 12.8 Å². The first-order valence-corrected chi connectivity index (χ1v) is 7.89. The minimum atomic E-state index is -0.248. The maximum Gasteiger partial charge on any atom is 0.252 e. The lowest BCUT2D eigenvalue weighted by atomic mass is 10.1. The van der Waals surface area contributed by atoms with Gasteiger partial charge in [-0.25, -0.2) is 0 Å². The van der Waals surface area contributed by atoms with E-state index in [1.165, 1.54) is 0 Å². The minimum Gasteiger partial charge on any atom is -0.352 e. The maximum atomic E-state index is 12.1. The van der Waals surface area contributed by atoms with Gasteiger partial charge in [-0.1, -0.05) is 25.4 Å². The lowest BCUT2D eigenvalue weighted by Gasteiger charge is -2.11. The van der Waals surface area contributed by atoms with E-state index in [1.54, 1.807) is 18.2 Å². The molecule has 0 bridgehead atoms. The number of carbonyl (C=O) groups is 2. The van der Waals surface area contributed by atoms with Crippen molar-refractivity contribution < 1.29 is 9.59 Å². The molecule has 0 radical (unpaired) electrons. The van der Waals surface area contributed by atoms with Gasteiger partial charge in [-0.3, -0.25) is 9.59 Å². The van der Waals surface area contributed by atoms with E-state index in [-0.39, 0.29) is 17.7 Å².